The predicted molar refractivity (Wildman–Crippen MR) is 78.4 cm³/mol. The number of hydrogen-bond acceptors (Lipinski definition) is 4. The van der Waals surface area contributed by atoms with E-state index in [0.717, 1.165) is 14.0 Å². The van der Waals surface area contributed by atoms with E-state index in [1.807, 2.05) is 0 Å². The van der Waals surface area contributed by atoms with Crippen LogP contribution < -0.4 is 9.47 Å². The largest absolute Gasteiger partial charge is 0.494 e. The normalized spacial score (nSPS) is 29.5. The van der Waals surface area contributed by atoms with Gasteiger partial charge in [0, 0.05) is 17.4 Å². The molecule has 1 aromatic carbocycles. The highest BCUT2D eigenvalue weighted by atomic mass is 19.4. The molecule has 1 aliphatic rings. The van der Waals surface area contributed by atoms with E-state index in [4.69, 9.17) is 14.2 Å². The molecule has 0 amide bonds. The van der Waals surface area contributed by atoms with Gasteiger partial charge in [-0.1, -0.05) is 13.0 Å². The fraction of sp³-hybridized carbons (Fsp3) is 0.562. The number of carbonyl (C=O) groups is 1. The Morgan fingerprint density at radius 3 is 2.32 bits per heavy atom. The minimum Gasteiger partial charge on any atom is -0.494 e. The lowest BCUT2D eigenvalue weighted by Gasteiger charge is -2.32. The number of carboxylic acids is 1. The van der Waals surface area contributed by atoms with Crippen LogP contribution in [0.25, 0.3) is 0 Å². The molecule has 1 heterocycles. The molecule has 9 heteroatoms. The molecule has 4 atom stereocenters. The smallest absolute Gasteiger partial charge is 0.417 e. The summed E-state index contributed by atoms with van der Waals surface area (Å²) in [6.07, 6.45) is -6.60. The van der Waals surface area contributed by atoms with E-state index in [1.54, 1.807) is 0 Å². The van der Waals surface area contributed by atoms with Crippen LogP contribution >= 0.6 is 0 Å². The van der Waals surface area contributed by atoms with Crippen LogP contribution in [-0.4, -0.2) is 43.2 Å². The van der Waals surface area contributed by atoms with E-state index < -0.39 is 41.5 Å². The van der Waals surface area contributed by atoms with Crippen molar-refractivity contribution in [2.24, 2.45) is 5.92 Å². The highest BCUT2D eigenvalue weighted by Crippen LogP contribution is 2.55. The van der Waals surface area contributed by atoms with Gasteiger partial charge in [0.25, 0.3) is 0 Å². The molecule has 0 aliphatic carbocycles. The molecule has 0 radical (unpaired) electrons. The van der Waals surface area contributed by atoms with Gasteiger partial charge in [0.15, 0.2) is 23.2 Å². The minimum absolute atomic E-state index is 0.0197. The zero-order valence-electron chi connectivity index (χ0n) is 14.0. The molecule has 0 bridgehead atoms. The summed E-state index contributed by atoms with van der Waals surface area (Å²) in [7, 11) is 2.36. The van der Waals surface area contributed by atoms with Crippen LogP contribution in [0.3, 0.4) is 0 Å². The van der Waals surface area contributed by atoms with Gasteiger partial charge in [-0.15, -0.1) is 0 Å². The van der Waals surface area contributed by atoms with Gasteiger partial charge in [-0.25, -0.2) is 4.79 Å². The summed E-state index contributed by atoms with van der Waals surface area (Å²) in [5.41, 5.74) is -2.71. The average Bonchev–Trinajstić information content (AvgIpc) is 2.80. The van der Waals surface area contributed by atoms with Crippen molar-refractivity contribution in [3.8, 4) is 11.5 Å². The number of ether oxygens (including phenoxy) is 3. The Morgan fingerprint density at radius 1 is 1.28 bits per heavy atom. The number of hydrogen-bond donors (Lipinski definition) is 1. The van der Waals surface area contributed by atoms with Crippen LogP contribution in [0.5, 0.6) is 11.5 Å². The van der Waals surface area contributed by atoms with Crippen LogP contribution in [0.15, 0.2) is 12.1 Å². The second-order valence-corrected chi connectivity index (χ2v) is 6.00. The maximum Gasteiger partial charge on any atom is 0.417 e. The number of halogens is 4. The Balaban J connectivity index is 2.64. The highest BCUT2D eigenvalue weighted by molar-refractivity contribution is 5.75. The van der Waals surface area contributed by atoms with E-state index >= 15 is 0 Å². The number of aliphatic carboxylic acids is 1. The first-order valence-corrected chi connectivity index (χ1v) is 7.37. The fourth-order valence-electron chi connectivity index (χ4n) is 3.19. The monoisotopic (exact) mass is 366 g/mol. The van der Waals surface area contributed by atoms with Crippen molar-refractivity contribution < 1.29 is 41.7 Å². The molecule has 25 heavy (non-hydrogen) atoms. The van der Waals surface area contributed by atoms with Crippen molar-refractivity contribution in [1.82, 2.24) is 0 Å². The van der Waals surface area contributed by atoms with Gasteiger partial charge >= 0.3 is 12.1 Å². The summed E-state index contributed by atoms with van der Waals surface area (Å²) in [5.74, 6) is -5.58. The molecule has 1 aromatic rings. The lowest BCUT2D eigenvalue weighted by molar-refractivity contribution is -0.273. The van der Waals surface area contributed by atoms with Crippen LogP contribution in [0.1, 0.15) is 25.3 Å². The molecule has 0 saturated carbocycles. The summed E-state index contributed by atoms with van der Waals surface area (Å²) >= 11 is 0. The number of rotatable bonds is 4. The Labute approximate surface area is 141 Å². The first-order chi connectivity index (χ1) is 11.5. The third-order valence-corrected chi connectivity index (χ3v) is 4.79. The third-order valence-electron chi connectivity index (χ3n) is 4.79. The molecule has 1 aliphatic heterocycles. The average molecular weight is 366 g/mol. The minimum atomic E-state index is -4.80. The van der Waals surface area contributed by atoms with E-state index in [-0.39, 0.29) is 17.1 Å². The van der Waals surface area contributed by atoms with E-state index in [2.05, 4.69) is 0 Å². The number of methoxy groups -OCH3 is 2. The molecule has 0 unspecified atom stereocenters. The Kier molecular flexibility index (Phi) is 4.91. The van der Waals surface area contributed by atoms with Crippen molar-refractivity contribution in [2.45, 2.75) is 37.6 Å². The number of carboxylic acid groups (broad SMARTS) is 1. The van der Waals surface area contributed by atoms with Gasteiger partial charge in [-0.05, 0) is 13.0 Å². The van der Waals surface area contributed by atoms with Gasteiger partial charge in [-0.3, -0.25) is 0 Å². The molecule has 0 aromatic heterocycles. The summed E-state index contributed by atoms with van der Waals surface area (Å²) in [4.78, 5) is 11.5. The van der Waals surface area contributed by atoms with E-state index in [0.29, 0.717) is 0 Å². The van der Waals surface area contributed by atoms with Crippen molar-refractivity contribution >= 4 is 5.97 Å². The fourth-order valence-corrected chi connectivity index (χ4v) is 3.19. The lowest BCUT2D eigenvalue weighted by atomic mass is 9.77. The summed E-state index contributed by atoms with van der Waals surface area (Å²) in [5, 5.41) is 9.34. The first kappa shape index (κ1) is 19.3. The van der Waals surface area contributed by atoms with E-state index in [1.165, 1.54) is 26.2 Å². The summed E-state index contributed by atoms with van der Waals surface area (Å²) < 4.78 is 69.5. The Morgan fingerprint density at radius 2 is 1.88 bits per heavy atom. The molecule has 2 rings (SSSR count). The third kappa shape index (κ3) is 2.90. The lowest BCUT2D eigenvalue weighted by Crippen LogP contribution is -2.47. The van der Waals surface area contributed by atoms with Gasteiger partial charge in [0.1, 0.15) is 0 Å². The maximum atomic E-state index is 14.4. The first-order valence-electron chi connectivity index (χ1n) is 7.37. The summed E-state index contributed by atoms with van der Waals surface area (Å²) in [6, 6.07) is 2.51. The molecule has 0 spiro atoms. The Hall–Kier alpha value is -2.03. The van der Waals surface area contributed by atoms with E-state index in [9.17, 15) is 27.5 Å². The summed E-state index contributed by atoms with van der Waals surface area (Å²) in [6.45, 7) is 2.02. The molecule has 5 nitrogen and oxygen atoms in total. The van der Waals surface area contributed by atoms with Crippen LogP contribution in [-0.2, 0) is 9.53 Å². The van der Waals surface area contributed by atoms with Crippen LogP contribution in [0, 0.1) is 11.7 Å². The van der Waals surface area contributed by atoms with Gasteiger partial charge < -0.3 is 19.3 Å². The van der Waals surface area contributed by atoms with Crippen LogP contribution in [0.4, 0.5) is 17.6 Å². The van der Waals surface area contributed by atoms with Crippen molar-refractivity contribution in [1.29, 1.82) is 0 Å². The second-order valence-electron chi connectivity index (χ2n) is 6.00. The number of benzene rings is 1. The second kappa shape index (κ2) is 6.36. The van der Waals surface area contributed by atoms with Crippen molar-refractivity contribution in [3.05, 3.63) is 23.5 Å². The van der Waals surface area contributed by atoms with Gasteiger partial charge in [-0.2, -0.15) is 17.6 Å². The maximum absolute atomic E-state index is 14.4. The SMILES string of the molecule is COc1ccc([C@H]2[C@H](C(=O)O)O[C@@](C)(C(F)(F)F)[C@H]2C)c(OC)c1F. The molecule has 1 saturated heterocycles. The Bertz CT molecular complexity index is 675. The quantitative estimate of drug-likeness (QED) is 0.828. The van der Waals surface area contributed by atoms with Gasteiger partial charge in [0.2, 0.25) is 5.82 Å². The van der Waals surface area contributed by atoms with Gasteiger partial charge in [0.05, 0.1) is 14.2 Å². The molecule has 1 N–H and O–H groups in total. The zero-order chi connectivity index (χ0) is 19.2. The highest BCUT2D eigenvalue weighted by Gasteiger charge is 2.66. The van der Waals surface area contributed by atoms with Crippen molar-refractivity contribution in [3.63, 3.8) is 0 Å². The zero-order valence-corrected chi connectivity index (χ0v) is 14.0. The van der Waals surface area contributed by atoms with Crippen LogP contribution in [0.2, 0.25) is 0 Å². The molecule has 1 fully saturated rings. The molecular weight excluding hydrogens is 348 g/mol. The molecular formula is C16H18F4O5. The van der Waals surface area contributed by atoms with Crippen molar-refractivity contribution in [2.75, 3.05) is 14.2 Å². The number of alkyl halides is 3. The topological polar surface area (TPSA) is 65.0 Å². The molecule has 140 valence electrons. The predicted octanol–water partition coefficient (Wildman–Crippen LogP) is 3.37. The standard InChI is InChI=1S/C16H18F4O5/c1-7-10(8-5-6-9(23-3)11(17)12(8)24-4)13(14(21)22)25-15(7,2)16(18,19)20/h5-7,10,13H,1-4H3,(H,21,22)/t7-,10-,13+,15+/m0/s1.